The number of benzene rings is 2. The zero-order valence-corrected chi connectivity index (χ0v) is 16.7. The predicted octanol–water partition coefficient (Wildman–Crippen LogP) is 5.34. The molecule has 0 radical (unpaired) electrons. The molecule has 0 saturated heterocycles. The Morgan fingerprint density at radius 2 is 1.87 bits per heavy atom. The molecule has 3 aromatic rings. The second-order valence-corrected chi connectivity index (χ2v) is 7.43. The van der Waals surface area contributed by atoms with Gasteiger partial charge in [-0.25, -0.2) is 0 Å². The van der Waals surface area contributed by atoms with Crippen LogP contribution in [0.2, 0.25) is 0 Å². The van der Waals surface area contributed by atoms with Gasteiger partial charge in [0.15, 0.2) is 5.82 Å². The number of rotatable bonds is 4. The van der Waals surface area contributed by atoms with E-state index in [2.05, 4.69) is 20.1 Å². The molecule has 0 aliphatic carbocycles. The summed E-state index contributed by atoms with van der Waals surface area (Å²) in [6, 6.07) is 12.1. The first kappa shape index (κ1) is 20.8. The van der Waals surface area contributed by atoms with E-state index in [1.165, 1.54) is 24.3 Å². The number of amides is 1. The molecule has 8 heteroatoms. The Labute approximate surface area is 177 Å². The van der Waals surface area contributed by atoms with Crippen LogP contribution < -0.4 is 5.32 Å². The second kappa shape index (κ2) is 8.75. The third-order valence-corrected chi connectivity index (χ3v) is 5.14. The van der Waals surface area contributed by atoms with E-state index < -0.39 is 17.6 Å². The number of nitrogens with one attached hydrogen (secondary N) is 1. The highest BCUT2D eigenvalue weighted by Crippen LogP contribution is 2.30. The van der Waals surface area contributed by atoms with Crippen molar-refractivity contribution in [3.63, 3.8) is 0 Å². The van der Waals surface area contributed by atoms with Gasteiger partial charge in [-0.1, -0.05) is 30.7 Å². The summed E-state index contributed by atoms with van der Waals surface area (Å²) in [5.41, 5.74) is 0.961. The number of aryl methyl sites for hydroxylation is 1. The number of halogens is 3. The normalized spacial score (nSPS) is 14.3. The summed E-state index contributed by atoms with van der Waals surface area (Å²) in [7, 11) is 0. The van der Waals surface area contributed by atoms with Crippen LogP contribution in [0.3, 0.4) is 0 Å². The summed E-state index contributed by atoms with van der Waals surface area (Å²) in [4.78, 5) is 12.3. The van der Waals surface area contributed by atoms with Crippen LogP contribution in [-0.4, -0.2) is 20.7 Å². The molecule has 1 aromatic heterocycles. The number of aromatic nitrogens is 3. The van der Waals surface area contributed by atoms with Gasteiger partial charge >= 0.3 is 6.18 Å². The highest BCUT2D eigenvalue weighted by molar-refractivity contribution is 6.02. The average Bonchev–Trinajstić information content (AvgIpc) is 3.00. The van der Waals surface area contributed by atoms with Crippen molar-refractivity contribution in [1.82, 2.24) is 14.8 Å². The first-order valence-corrected chi connectivity index (χ1v) is 10.1. The Kier molecular flexibility index (Phi) is 5.88. The van der Waals surface area contributed by atoms with Crippen LogP contribution in [0, 0.1) is 0 Å². The molecule has 0 bridgehead atoms. The first-order valence-electron chi connectivity index (χ1n) is 10.1. The minimum atomic E-state index is -4.42. The van der Waals surface area contributed by atoms with Crippen molar-refractivity contribution in [3.05, 3.63) is 71.6 Å². The minimum absolute atomic E-state index is 0.296. The Morgan fingerprint density at radius 3 is 2.71 bits per heavy atom. The molecule has 2 aromatic carbocycles. The fourth-order valence-corrected chi connectivity index (χ4v) is 3.61. The van der Waals surface area contributed by atoms with Gasteiger partial charge in [0.25, 0.3) is 0 Å². The predicted molar refractivity (Wildman–Crippen MR) is 112 cm³/mol. The van der Waals surface area contributed by atoms with E-state index in [0.717, 1.165) is 61.6 Å². The van der Waals surface area contributed by atoms with Crippen LogP contribution in [0.5, 0.6) is 0 Å². The molecule has 2 heterocycles. The van der Waals surface area contributed by atoms with Crippen LogP contribution in [0.15, 0.2) is 54.6 Å². The lowest BCUT2D eigenvalue weighted by atomic mass is 10.1. The van der Waals surface area contributed by atoms with Crippen LogP contribution in [0.25, 0.3) is 17.5 Å². The van der Waals surface area contributed by atoms with Gasteiger partial charge in [0.05, 0.1) is 5.56 Å². The lowest BCUT2D eigenvalue weighted by molar-refractivity contribution is -0.137. The topological polar surface area (TPSA) is 59.8 Å². The van der Waals surface area contributed by atoms with Gasteiger partial charge in [0.2, 0.25) is 5.91 Å². The monoisotopic (exact) mass is 426 g/mol. The fourth-order valence-electron chi connectivity index (χ4n) is 3.61. The van der Waals surface area contributed by atoms with E-state index in [4.69, 9.17) is 0 Å². The standard InChI is InChI=1S/C23H21F3N4O/c24-23(25,26)18-8-4-6-16(14-18)11-12-21(31)27-19-9-5-7-17(15-19)22-29-28-20-10-2-1-3-13-30(20)22/h4-9,11-12,14-15H,1-3,10,13H2,(H,27,31)/b12-11+. The molecule has 1 aliphatic heterocycles. The van der Waals surface area contributed by atoms with Gasteiger partial charge in [0.1, 0.15) is 5.82 Å². The van der Waals surface area contributed by atoms with Gasteiger partial charge in [-0.2, -0.15) is 13.2 Å². The van der Waals surface area contributed by atoms with Crippen molar-refractivity contribution < 1.29 is 18.0 Å². The molecule has 0 fully saturated rings. The van der Waals surface area contributed by atoms with Crippen molar-refractivity contribution >= 4 is 17.7 Å². The number of hydrogen-bond donors (Lipinski definition) is 1. The van der Waals surface area contributed by atoms with Gasteiger partial charge in [-0.3, -0.25) is 4.79 Å². The Morgan fingerprint density at radius 1 is 1.03 bits per heavy atom. The zero-order valence-electron chi connectivity index (χ0n) is 16.7. The molecule has 4 rings (SSSR count). The highest BCUT2D eigenvalue weighted by Gasteiger charge is 2.30. The van der Waals surface area contributed by atoms with Gasteiger partial charge in [0, 0.05) is 30.3 Å². The van der Waals surface area contributed by atoms with Crippen molar-refractivity contribution in [2.24, 2.45) is 0 Å². The maximum absolute atomic E-state index is 12.8. The molecule has 0 saturated carbocycles. The summed E-state index contributed by atoms with van der Waals surface area (Å²) >= 11 is 0. The molecule has 5 nitrogen and oxygen atoms in total. The largest absolute Gasteiger partial charge is 0.416 e. The number of hydrogen-bond acceptors (Lipinski definition) is 3. The van der Waals surface area contributed by atoms with Gasteiger partial charge in [-0.15, -0.1) is 10.2 Å². The number of carbonyl (C=O) groups excluding carboxylic acids is 1. The SMILES string of the molecule is O=C(/C=C/c1cccc(C(F)(F)F)c1)Nc1cccc(-c2nnc3n2CCCCC3)c1. The van der Waals surface area contributed by atoms with Crippen LogP contribution in [-0.2, 0) is 23.9 Å². The van der Waals surface area contributed by atoms with Crippen molar-refractivity contribution in [2.45, 2.75) is 38.4 Å². The maximum Gasteiger partial charge on any atom is 0.416 e. The van der Waals surface area contributed by atoms with Crippen molar-refractivity contribution in [3.8, 4) is 11.4 Å². The molecule has 160 valence electrons. The molecule has 0 spiro atoms. The Hall–Kier alpha value is -3.42. The summed E-state index contributed by atoms with van der Waals surface area (Å²) in [6.45, 7) is 0.869. The van der Waals surface area contributed by atoms with Crippen LogP contribution in [0.1, 0.15) is 36.2 Å². The Balaban J connectivity index is 1.48. The van der Waals surface area contributed by atoms with Crippen LogP contribution >= 0.6 is 0 Å². The smallest absolute Gasteiger partial charge is 0.322 e. The maximum atomic E-state index is 12.8. The first-order chi connectivity index (χ1) is 14.9. The quantitative estimate of drug-likeness (QED) is 0.573. The summed E-state index contributed by atoms with van der Waals surface area (Å²) in [6.07, 6.45) is 2.40. The van der Waals surface area contributed by atoms with E-state index in [1.54, 1.807) is 6.07 Å². The van der Waals surface area contributed by atoms with Gasteiger partial charge < -0.3 is 9.88 Å². The molecule has 1 aliphatic rings. The van der Waals surface area contributed by atoms with E-state index in [9.17, 15) is 18.0 Å². The molecule has 0 unspecified atom stereocenters. The number of fused-ring (bicyclic) bond motifs is 1. The molecule has 31 heavy (non-hydrogen) atoms. The molecule has 1 N–H and O–H groups in total. The van der Waals surface area contributed by atoms with Gasteiger partial charge in [-0.05, 0) is 48.7 Å². The van der Waals surface area contributed by atoms with E-state index in [0.29, 0.717) is 11.3 Å². The summed E-state index contributed by atoms with van der Waals surface area (Å²) in [5.74, 6) is 1.31. The van der Waals surface area contributed by atoms with Crippen LogP contribution in [0.4, 0.5) is 18.9 Å². The molecule has 1 amide bonds. The zero-order chi connectivity index (χ0) is 21.8. The highest BCUT2D eigenvalue weighted by atomic mass is 19.4. The van der Waals surface area contributed by atoms with E-state index in [-0.39, 0.29) is 0 Å². The number of nitrogens with zero attached hydrogens (tertiary/aromatic N) is 3. The second-order valence-electron chi connectivity index (χ2n) is 7.43. The van der Waals surface area contributed by atoms with E-state index in [1.807, 2.05) is 18.2 Å². The minimum Gasteiger partial charge on any atom is -0.322 e. The number of carbonyl (C=O) groups is 1. The summed E-state index contributed by atoms with van der Waals surface area (Å²) < 4.78 is 40.6. The molecular weight excluding hydrogens is 405 g/mol. The lowest BCUT2D eigenvalue weighted by Crippen LogP contribution is -2.08. The van der Waals surface area contributed by atoms with E-state index >= 15 is 0 Å². The van der Waals surface area contributed by atoms with Crippen molar-refractivity contribution in [2.75, 3.05) is 5.32 Å². The lowest BCUT2D eigenvalue weighted by Gasteiger charge is -2.09. The number of anilines is 1. The molecular formula is C23H21F3N4O. The Bertz CT molecular complexity index is 1120. The average molecular weight is 426 g/mol. The summed E-state index contributed by atoms with van der Waals surface area (Å²) in [5, 5.41) is 11.4. The third-order valence-electron chi connectivity index (χ3n) is 5.14. The number of alkyl halides is 3. The molecule has 0 atom stereocenters. The fraction of sp³-hybridized carbons (Fsp3) is 0.261. The third kappa shape index (κ3) is 5.02. The van der Waals surface area contributed by atoms with Crippen molar-refractivity contribution in [1.29, 1.82) is 0 Å².